The summed E-state index contributed by atoms with van der Waals surface area (Å²) in [4.78, 5) is 16.3. The molecule has 0 aliphatic carbocycles. The van der Waals surface area contributed by atoms with E-state index in [-0.39, 0.29) is 35.2 Å². The third kappa shape index (κ3) is 3.53. The van der Waals surface area contributed by atoms with Gasteiger partial charge in [0, 0.05) is 25.6 Å². The molecule has 0 spiro atoms. The second-order valence-electron chi connectivity index (χ2n) is 5.88. The molecule has 2 atom stereocenters. The fourth-order valence-electron chi connectivity index (χ4n) is 3.08. The highest BCUT2D eigenvalue weighted by Gasteiger charge is 2.46. The standard InChI is InChI=1S/C13H20N4O4S2/c1-3-11-14-15-13(21-11)22-6-12(18)17-5-4-16(2)9-7-23(19,20)8-10(9)17/h9-10H,3-8H2,1-2H3/t9-,10+/m0/s1. The van der Waals surface area contributed by atoms with E-state index in [0.717, 1.165) is 0 Å². The van der Waals surface area contributed by atoms with Crippen LogP contribution in [0, 0.1) is 0 Å². The number of thioether (sulfide) groups is 1. The van der Waals surface area contributed by atoms with Crippen LogP contribution in [-0.4, -0.2) is 83.8 Å². The van der Waals surface area contributed by atoms with Crippen molar-refractivity contribution in [3.63, 3.8) is 0 Å². The molecule has 0 N–H and O–H groups in total. The summed E-state index contributed by atoms with van der Waals surface area (Å²) in [6, 6.07) is -0.349. The zero-order valence-corrected chi connectivity index (χ0v) is 14.8. The fraction of sp³-hybridized carbons (Fsp3) is 0.769. The summed E-state index contributed by atoms with van der Waals surface area (Å²) in [5.41, 5.74) is 0. The molecule has 1 amide bonds. The predicted octanol–water partition coefficient (Wildman–Crippen LogP) is -0.336. The molecule has 2 aliphatic heterocycles. The number of hydrogen-bond donors (Lipinski definition) is 0. The van der Waals surface area contributed by atoms with Crippen molar-refractivity contribution in [3.05, 3.63) is 5.89 Å². The maximum Gasteiger partial charge on any atom is 0.277 e. The largest absolute Gasteiger partial charge is 0.416 e. The first kappa shape index (κ1) is 16.7. The van der Waals surface area contributed by atoms with Crippen molar-refractivity contribution in [1.82, 2.24) is 20.0 Å². The van der Waals surface area contributed by atoms with Gasteiger partial charge in [-0.05, 0) is 7.05 Å². The minimum Gasteiger partial charge on any atom is -0.416 e. The van der Waals surface area contributed by atoms with Crippen LogP contribution in [0.2, 0.25) is 0 Å². The Bertz CT molecular complexity index is 690. The van der Waals surface area contributed by atoms with Crippen LogP contribution in [0.4, 0.5) is 0 Å². The summed E-state index contributed by atoms with van der Waals surface area (Å²) in [7, 11) is -1.16. The second kappa shape index (κ2) is 6.40. The lowest BCUT2D eigenvalue weighted by Crippen LogP contribution is -2.59. The first-order valence-corrected chi connectivity index (χ1v) is 10.4. The first-order valence-electron chi connectivity index (χ1n) is 7.55. The molecule has 0 radical (unpaired) electrons. The van der Waals surface area contributed by atoms with Gasteiger partial charge in [0.25, 0.3) is 5.22 Å². The number of aryl methyl sites for hydroxylation is 1. The molecule has 2 aliphatic rings. The summed E-state index contributed by atoms with van der Waals surface area (Å²) < 4.78 is 29.2. The van der Waals surface area contributed by atoms with Crippen LogP contribution >= 0.6 is 11.8 Å². The topological polar surface area (TPSA) is 96.6 Å². The Balaban J connectivity index is 1.64. The second-order valence-corrected chi connectivity index (χ2v) is 8.96. The first-order chi connectivity index (χ1) is 10.9. The van der Waals surface area contributed by atoms with Crippen molar-refractivity contribution in [2.75, 3.05) is 37.4 Å². The van der Waals surface area contributed by atoms with Gasteiger partial charge in [0.1, 0.15) is 0 Å². The molecule has 1 aromatic rings. The van der Waals surface area contributed by atoms with Gasteiger partial charge in [0.2, 0.25) is 11.8 Å². The van der Waals surface area contributed by atoms with E-state index in [9.17, 15) is 13.2 Å². The molecule has 23 heavy (non-hydrogen) atoms. The predicted molar refractivity (Wildman–Crippen MR) is 85.0 cm³/mol. The average Bonchev–Trinajstić information content (AvgIpc) is 3.08. The van der Waals surface area contributed by atoms with Gasteiger partial charge in [-0.25, -0.2) is 8.42 Å². The lowest BCUT2D eigenvalue weighted by atomic mass is 10.1. The Hall–Kier alpha value is -1.13. The summed E-state index contributed by atoms with van der Waals surface area (Å²) in [6.07, 6.45) is 0.654. The maximum absolute atomic E-state index is 12.5. The SMILES string of the molecule is CCc1nnc(SCC(=O)N2CCN(C)[C@H]3CS(=O)(=O)C[C@H]32)o1. The summed E-state index contributed by atoms with van der Waals surface area (Å²) in [5.74, 6) is 0.833. The Morgan fingerprint density at radius 1 is 1.30 bits per heavy atom. The number of piperazine rings is 1. The monoisotopic (exact) mass is 360 g/mol. The number of rotatable bonds is 4. The molecule has 0 bridgehead atoms. The van der Waals surface area contributed by atoms with Gasteiger partial charge in [-0.3, -0.25) is 9.69 Å². The number of amides is 1. The molecule has 0 unspecified atom stereocenters. The number of carbonyl (C=O) groups excluding carboxylic acids is 1. The summed E-state index contributed by atoms with van der Waals surface area (Å²) in [5, 5.41) is 8.11. The third-order valence-corrected chi connectivity index (χ3v) is 6.85. The summed E-state index contributed by atoms with van der Waals surface area (Å²) >= 11 is 1.20. The van der Waals surface area contributed by atoms with Gasteiger partial charge < -0.3 is 9.32 Å². The van der Waals surface area contributed by atoms with Crippen molar-refractivity contribution in [3.8, 4) is 0 Å². The Morgan fingerprint density at radius 2 is 2.04 bits per heavy atom. The van der Waals surface area contributed by atoms with Gasteiger partial charge in [-0.15, -0.1) is 10.2 Å². The summed E-state index contributed by atoms with van der Waals surface area (Å²) in [6.45, 7) is 3.16. The zero-order valence-electron chi connectivity index (χ0n) is 13.1. The molecule has 3 rings (SSSR count). The van der Waals surface area contributed by atoms with Crippen LogP contribution in [0.3, 0.4) is 0 Å². The van der Waals surface area contributed by atoms with E-state index >= 15 is 0 Å². The minimum absolute atomic E-state index is 0.0545. The molecule has 2 saturated heterocycles. The van der Waals surface area contributed by atoms with Crippen LogP contribution in [0.25, 0.3) is 0 Å². The zero-order chi connectivity index (χ0) is 16.6. The number of likely N-dealkylation sites (N-methyl/N-ethyl adjacent to an activating group) is 1. The molecule has 10 heteroatoms. The molecule has 0 saturated carbocycles. The van der Waals surface area contributed by atoms with Crippen molar-refractivity contribution >= 4 is 27.5 Å². The highest BCUT2D eigenvalue weighted by molar-refractivity contribution is 7.99. The highest BCUT2D eigenvalue weighted by Crippen LogP contribution is 2.27. The molecule has 8 nitrogen and oxygen atoms in total. The number of fused-ring (bicyclic) bond motifs is 1. The highest BCUT2D eigenvalue weighted by atomic mass is 32.2. The average molecular weight is 360 g/mol. The number of nitrogens with zero attached hydrogens (tertiary/aromatic N) is 4. The van der Waals surface area contributed by atoms with Crippen molar-refractivity contribution in [1.29, 1.82) is 0 Å². The van der Waals surface area contributed by atoms with Gasteiger partial charge >= 0.3 is 0 Å². The Morgan fingerprint density at radius 3 is 2.74 bits per heavy atom. The number of hydrogen-bond acceptors (Lipinski definition) is 8. The normalized spacial score (nSPS) is 27.1. The van der Waals surface area contributed by atoms with Gasteiger partial charge in [0.05, 0.1) is 23.3 Å². The number of sulfone groups is 1. The van der Waals surface area contributed by atoms with E-state index in [4.69, 9.17) is 4.42 Å². The van der Waals surface area contributed by atoms with E-state index in [0.29, 0.717) is 30.6 Å². The molecular formula is C13H20N4O4S2. The maximum atomic E-state index is 12.5. The lowest BCUT2D eigenvalue weighted by molar-refractivity contribution is -0.133. The van der Waals surface area contributed by atoms with Crippen LogP contribution in [0.5, 0.6) is 0 Å². The fourth-order valence-corrected chi connectivity index (χ4v) is 5.80. The van der Waals surface area contributed by atoms with Gasteiger partial charge in [0.15, 0.2) is 9.84 Å². The van der Waals surface area contributed by atoms with E-state index in [1.807, 2.05) is 18.9 Å². The molecule has 128 valence electrons. The van der Waals surface area contributed by atoms with Crippen molar-refractivity contribution < 1.29 is 17.6 Å². The van der Waals surface area contributed by atoms with Gasteiger partial charge in [-0.1, -0.05) is 18.7 Å². The molecule has 1 aromatic heterocycles. The van der Waals surface area contributed by atoms with E-state index < -0.39 is 9.84 Å². The molecule has 2 fully saturated rings. The van der Waals surface area contributed by atoms with Crippen molar-refractivity contribution in [2.24, 2.45) is 0 Å². The van der Waals surface area contributed by atoms with Crippen LogP contribution in [0.15, 0.2) is 9.64 Å². The number of carbonyl (C=O) groups is 1. The van der Waals surface area contributed by atoms with E-state index in [1.54, 1.807) is 4.90 Å². The van der Waals surface area contributed by atoms with Crippen LogP contribution in [-0.2, 0) is 21.1 Å². The van der Waals surface area contributed by atoms with Gasteiger partial charge in [-0.2, -0.15) is 0 Å². The van der Waals surface area contributed by atoms with E-state index in [1.165, 1.54) is 11.8 Å². The lowest BCUT2D eigenvalue weighted by Gasteiger charge is -2.42. The number of aromatic nitrogens is 2. The third-order valence-electron chi connectivity index (χ3n) is 4.34. The molecular weight excluding hydrogens is 340 g/mol. The smallest absolute Gasteiger partial charge is 0.277 e. The van der Waals surface area contributed by atoms with E-state index in [2.05, 4.69) is 10.2 Å². The molecule has 0 aromatic carbocycles. The Labute approximate surface area is 139 Å². The minimum atomic E-state index is -3.08. The quantitative estimate of drug-likeness (QED) is 0.673. The van der Waals surface area contributed by atoms with Crippen LogP contribution in [0.1, 0.15) is 12.8 Å². The Kier molecular flexibility index (Phi) is 4.65. The van der Waals surface area contributed by atoms with Crippen LogP contribution < -0.4 is 0 Å². The van der Waals surface area contributed by atoms with Crippen molar-refractivity contribution in [2.45, 2.75) is 30.7 Å². The molecule has 3 heterocycles.